The summed E-state index contributed by atoms with van der Waals surface area (Å²) in [6, 6.07) is 14.7. The van der Waals surface area contributed by atoms with Crippen LogP contribution in [0, 0.1) is 0 Å². The molecule has 0 aliphatic carbocycles. The van der Waals surface area contributed by atoms with Gasteiger partial charge in [-0.3, -0.25) is 14.5 Å². The summed E-state index contributed by atoms with van der Waals surface area (Å²) >= 11 is 10.2. The van der Waals surface area contributed by atoms with Gasteiger partial charge in [0.2, 0.25) is 0 Å². The summed E-state index contributed by atoms with van der Waals surface area (Å²) in [6.07, 6.45) is 1.73. The van der Waals surface area contributed by atoms with E-state index in [1.54, 1.807) is 18.2 Å². The van der Waals surface area contributed by atoms with Crippen molar-refractivity contribution in [3.63, 3.8) is 0 Å². The molecule has 3 rings (SSSR count). The van der Waals surface area contributed by atoms with Crippen LogP contribution in [0.3, 0.4) is 0 Å². The zero-order chi connectivity index (χ0) is 16.4. The number of hydrogen-bond donors (Lipinski definition) is 0. The summed E-state index contributed by atoms with van der Waals surface area (Å²) in [7, 11) is 0. The SMILES string of the molecule is O=C1S/C(=C\c2cccc(Br)c2)C(=O)N1Cc1ccc(Cl)cc1. The van der Waals surface area contributed by atoms with Gasteiger partial charge in [0.15, 0.2) is 0 Å². The smallest absolute Gasteiger partial charge is 0.268 e. The van der Waals surface area contributed by atoms with E-state index in [1.807, 2.05) is 36.4 Å². The van der Waals surface area contributed by atoms with Gasteiger partial charge in [0.25, 0.3) is 11.1 Å². The molecule has 23 heavy (non-hydrogen) atoms. The van der Waals surface area contributed by atoms with Crippen LogP contribution in [0.15, 0.2) is 57.9 Å². The van der Waals surface area contributed by atoms with Crippen LogP contribution in [-0.4, -0.2) is 16.0 Å². The van der Waals surface area contributed by atoms with Gasteiger partial charge >= 0.3 is 0 Å². The standard InChI is InChI=1S/C17H11BrClNO2S/c18-13-3-1-2-12(8-13)9-15-16(21)20(17(22)23-15)10-11-4-6-14(19)7-5-11/h1-9H,10H2/b15-9-. The monoisotopic (exact) mass is 407 g/mol. The van der Waals surface area contributed by atoms with E-state index in [-0.39, 0.29) is 17.7 Å². The van der Waals surface area contributed by atoms with E-state index < -0.39 is 0 Å². The second-order valence-electron chi connectivity index (χ2n) is 4.95. The molecule has 2 aromatic carbocycles. The van der Waals surface area contributed by atoms with Gasteiger partial charge in [0.1, 0.15) is 0 Å². The van der Waals surface area contributed by atoms with Gasteiger partial charge in [-0.05, 0) is 53.2 Å². The lowest BCUT2D eigenvalue weighted by molar-refractivity contribution is -0.123. The van der Waals surface area contributed by atoms with Crippen molar-refractivity contribution in [1.82, 2.24) is 4.90 Å². The number of carbonyl (C=O) groups is 2. The van der Waals surface area contributed by atoms with E-state index in [2.05, 4.69) is 15.9 Å². The lowest BCUT2D eigenvalue weighted by Gasteiger charge is -2.12. The van der Waals surface area contributed by atoms with Gasteiger partial charge in [-0.1, -0.05) is 51.8 Å². The highest BCUT2D eigenvalue weighted by Gasteiger charge is 2.34. The molecule has 6 heteroatoms. The molecule has 1 aliphatic rings. The Hall–Kier alpha value is -1.56. The lowest BCUT2D eigenvalue weighted by atomic mass is 10.2. The Morgan fingerprint density at radius 3 is 2.57 bits per heavy atom. The van der Waals surface area contributed by atoms with Gasteiger partial charge in [0, 0.05) is 9.50 Å². The number of benzene rings is 2. The molecule has 1 saturated heterocycles. The lowest BCUT2D eigenvalue weighted by Crippen LogP contribution is -2.27. The summed E-state index contributed by atoms with van der Waals surface area (Å²) in [5.74, 6) is -0.269. The average molecular weight is 409 g/mol. The molecule has 1 heterocycles. The topological polar surface area (TPSA) is 37.4 Å². The molecule has 2 aromatic rings. The third-order valence-electron chi connectivity index (χ3n) is 3.27. The third kappa shape index (κ3) is 3.86. The maximum absolute atomic E-state index is 12.5. The summed E-state index contributed by atoms with van der Waals surface area (Å²) in [5, 5.41) is 0.364. The fourth-order valence-corrected chi connectivity index (χ4v) is 3.54. The second kappa shape index (κ2) is 6.91. The molecule has 116 valence electrons. The third-order valence-corrected chi connectivity index (χ3v) is 4.93. The minimum atomic E-state index is -0.269. The Morgan fingerprint density at radius 1 is 1.13 bits per heavy atom. The molecular weight excluding hydrogens is 398 g/mol. The minimum absolute atomic E-state index is 0.248. The average Bonchev–Trinajstić information content (AvgIpc) is 2.77. The van der Waals surface area contributed by atoms with Gasteiger partial charge in [-0.15, -0.1) is 0 Å². The van der Waals surface area contributed by atoms with Crippen molar-refractivity contribution in [3.8, 4) is 0 Å². The molecule has 0 aromatic heterocycles. The van der Waals surface area contributed by atoms with Gasteiger partial charge in [-0.25, -0.2) is 0 Å². The van der Waals surface area contributed by atoms with E-state index in [1.165, 1.54) is 4.90 Å². The van der Waals surface area contributed by atoms with E-state index in [0.717, 1.165) is 27.4 Å². The van der Waals surface area contributed by atoms with Crippen molar-refractivity contribution < 1.29 is 9.59 Å². The number of halogens is 2. The predicted molar refractivity (Wildman–Crippen MR) is 97.1 cm³/mol. The first-order valence-electron chi connectivity index (χ1n) is 6.78. The van der Waals surface area contributed by atoms with Crippen LogP contribution in [0.1, 0.15) is 11.1 Å². The zero-order valence-electron chi connectivity index (χ0n) is 11.8. The number of thioether (sulfide) groups is 1. The number of rotatable bonds is 3. The molecule has 3 nitrogen and oxygen atoms in total. The Balaban J connectivity index is 1.81. The Bertz CT molecular complexity index is 804. The van der Waals surface area contributed by atoms with Crippen molar-refractivity contribution in [2.45, 2.75) is 6.54 Å². The molecule has 0 saturated carbocycles. The highest BCUT2D eigenvalue weighted by Crippen LogP contribution is 2.33. The Labute approximate surface area is 151 Å². The van der Waals surface area contributed by atoms with Crippen LogP contribution in [-0.2, 0) is 11.3 Å². The number of hydrogen-bond acceptors (Lipinski definition) is 3. The molecular formula is C17H11BrClNO2S. The molecule has 0 bridgehead atoms. The highest BCUT2D eigenvalue weighted by molar-refractivity contribution is 9.10. The Morgan fingerprint density at radius 2 is 1.87 bits per heavy atom. The van der Waals surface area contributed by atoms with Gasteiger partial charge in [-0.2, -0.15) is 0 Å². The van der Waals surface area contributed by atoms with Crippen molar-refractivity contribution in [2.75, 3.05) is 0 Å². The number of carbonyl (C=O) groups excluding carboxylic acids is 2. The summed E-state index contributed by atoms with van der Waals surface area (Å²) in [4.78, 5) is 26.3. The maximum atomic E-state index is 12.5. The first-order valence-corrected chi connectivity index (χ1v) is 8.77. The fourth-order valence-electron chi connectivity index (χ4n) is 2.16. The molecule has 0 unspecified atom stereocenters. The van der Waals surface area contributed by atoms with Crippen molar-refractivity contribution in [2.24, 2.45) is 0 Å². The van der Waals surface area contributed by atoms with E-state index in [9.17, 15) is 9.59 Å². The molecule has 0 radical (unpaired) electrons. The zero-order valence-corrected chi connectivity index (χ0v) is 15.0. The largest absolute Gasteiger partial charge is 0.293 e. The molecule has 2 amide bonds. The maximum Gasteiger partial charge on any atom is 0.293 e. The van der Waals surface area contributed by atoms with Crippen LogP contribution in [0.2, 0.25) is 5.02 Å². The van der Waals surface area contributed by atoms with Crippen molar-refractivity contribution in [3.05, 3.63) is 74.1 Å². The van der Waals surface area contributed by atoms with Crippen LogP contribution < -0.4 is 0 Å². The number of nitrogens with zero attached hydrogens (tertiary/aromatic N) is 1. The van der Waals surface area contributed by atoms with Crippen molar-refractivity contribution in [1.29, 1.82) is 0 Å². The molecule has 1 fully saturated rings. The second-order valence-corrected chi connectivity index (χ2v) is 7.29. The summed E-state index contributed by atoms with van der Waals surface area (Å²) in [6.45, 7) is 0.248. The van der Waals surface area contributed by atoms with Crippen LogP contribution in [0.25, 0.3) is 6.08 Å². The van der Waals surface area contributed by atoms with Gasteiger partial charge < -0.3 is 0 Å². The minimum Gasteiger partial charge on any atom is -0.268 e. The van der Waals surface area contributed by atoms with E-state index in [4.69, 9.17) is 11.6 Å². The van der Waals surface area contributed by atoms with Crippen molar-refractivity contribution >= 4 is 56.5 Å². The van der Waals surface area contributed by atoms with Crippen LogP contribution in [0.5, 0.6) is 0 Å². The molecule has 0 atom stereocenters. The highest BCUT2D eigenvalue weighted by atomic mass is 79.9. The first-order chi connectivity index (χ1) is 11.0. The fraction of sp³-hybridized carbons (Fsp3) is 0.0588. The Kier molecular flexibility index (Phi) is 4.90. The van der Waals surface area contributed by atoms with E-state index >= 15 is 0 Å². The first kappa shape index (κ1) is 16.3. The molecule has 0 spiro atoms. The normalized spacial score (nSPS) is 16.4. The molecule has 1 aliphatic heterocycles. The van der Waals surface area contributed by atoms with Crippen LogP contribution >= 0.6 is 39.3 Å². The predicted octanol–water partition coefficient (Wildman–Crippen LogP) is 5.34. The quantitative estimate of drug-likeness (QED) is 0.643. The van der Waals surface area contributed by atoms with Crippen LogP contribution in [0.4, 0.5) is 4.79 Å². The summed E-state index contributed by atoms with van der Waals surface area (Å²) in [5.41, 5.74) is 1.73. The number of imide groups is 1. The number of amides is 2. The molecule has 0 N–H and O–H groups in total. The van der Waals surface area contributed by atoms with E-state index in [0.29, 0.717) is 9.93 Å². The van der Waals surface area contributed by atoms with Gasteiger partial charge in [0.05, 0.1) is 11.4 Å². The summed E-state index contributed by atoms with van der Waals surface area (Å²) < 4.78 is 0.923.